The van der Waals surface area contributed by atoms with Crippen molar-refractivity contribution in [1.82, 2.24) is 4.90 Å². The third kappa shape index (κ3) is 1.93. The van der Waals surface area contributed by atoms with Crippen molar-refractivity contribution in [2.45, 2.75) is 37.8 Å². The Labute approximate surface area is 126 Å². The summed E-state index contributed by atoms with van der Waals surface area (Å²) >= 11 is 0. The molecule has 0 radical (unpaired) electrons. The molecule has 2 heteroatoms. The van der Waals surface area contributed by atoms with Crippen LogP contribution in [0.15, 0.2) is 48.1 Å². The minimum Gasteiger partial charge on any atom is -0.395 e. The summed E-state index contributed by atoms with van der Waals surface area (Å²) in [6.07, 6.45) is 9.17. The summed E-state index contributed by atoms with van der Waals surface area (Å²) in [6.45, 7) is 3.39. The number of piperidine rings is 1. The fourth-order valence-electron chi connectivity index (χ4n) is 4.81. The van der Waals surface area contributed by atoms with Crippen molar-refractivity contribution in [3.8, 4) is 0 Å². The van der Waals surface area contributed by atoms with Crippen molar-refractivity contribution < 1.29 is 5.11 Å². The summed E-state index contributed by atoms with van der Waals surface area (Å²) in [5.74, 6) is 1.11. The quantitative estimate of drug-likeness (QED) is 0.901. The standard InChI is InChI=1S/C19H23NO/c1-13-19-15-7-3-2-6-14(15)12-18(20(13)10-11-21)16-8-4-5-9-17(16)19/h2-7,9,13,16,18-19,21H,8,10-12H2,1H3/t13-,16-,18+,19+/m0/s1. The van der Waals surface area contributed by atoms with Crippen molar-refractivity contribution in [2.24, 2.45) is 5.92 Å². The van der Waals surface area contributed by atoms with E-state index in [1.165, 1.54) is 11.1 Å². The summed E-state index contributed by atoms with van der Waals surface area (Å²) in [5.41, 5.74) is 4.64. The van der Waals surface area contributed by atoms with Crippen LogP contribution in [-0.2, 0) is 6.42 Å². The molecule has 1 aromatic carbocycles. The van der Waals surface area contributed by atoms with Crippen LogP contribution in [0, 0.1) is 5.92 Å². The highest BCUT2D eigenvalue weighted by molar-refractivity contribution is 5.46. The second kappa shape index (κ2) is 5.11. The van der Waals surface area contributed by atoms with E-state index in [4.69, 9.17) is 0 Å². The summed E-state index contributed by atoms with van der Waals surface area (Å²) in [7, 11) is 0. The van der Waals surface area contributed by atoms with E-state index in [-0.39, 0.29) is 6.61 Å². The molecule has 21 heavy (non-hydrogen) atoms. The highest BCUT2D eigenvalue weighted by Crippen LogP contribution is 2.50. The second-order valence-electron chi connectivity index (χ2n) is 6.59. The van der Waals surface area contributed by atoms with E-state index in [1.54, 1.807) is 5.57 Å². The third-order valence-corrected chi connectivity index (χ3v) is 5.68. The van der Waals surface area contributed by atoms with Gasteiger partial charge in [-0.1, -0.05) is 48.1 Å². The van der Waals surface area contributed by atoms with Crippen molar-refractivity contribution in [2.75, 3.05) is 13.2 Å². The maximum atomic E-state index is 9.50. The smallest absolute Gasteiger partial charge is 0.0558 e. The molecule has 2 aliphatic heterocycles. The first-order chi connectivity index (χ1) is 10.3. The lowest BCUT2D eigenvalue weighted by Crippen LogP contribution is -2.54. The molecule has 0 unspecified atom stereocenters. The minimum absolute atomic E-state index is 0.255. The molecule has 0 spiro atoms. The highest BCUT2D eigenvalue weighted by atomic mass is 16.3. The number of hydrogen-bond acceptors (Lipinski definition) is 2. The Morgan fingerprint density at radius 2 is 2.14 bits per heavy atom. The van der Waals surface area contributed by atoms with Gasteiger partial charge in [-0.3, -0.25) is 4.90 Å². The molecule has 5 rings (SSSR count). The van der Waals surface area contributed by atoms with Gasteiger partial charge in [0.2, 0.25) is 0 Å². The predicted octanol–water partition coefficient (Wildman–Crippen LogP) is 2.89. The van der Waals surface area contributed by atoms with Crippen LogP contribution in [0.3, 0.4) is 0 Å². The molecule has 2 aliphatic carbocycles. The number of fused-ring (bicyclic) bond motifs is 1. The van der Waals surface area contributed by atoms with Crippen LogP contribution in [-0.4, -0.2) is 35.2 Å². The first-order valence-electron chi connectivity index (χ1n) is 8.12. The van der Waals surface area contributed by atoms with E-state index < -0.39 is 0 Å². The van der Waals surface area contributed by atoms with Gasteiger partial charge in [0, 0.05) is 30.5 Å². The molecule has 2 nitrogen and oxygen atoms in total. The zero-order valence-corrected chi connectivity index (χ0v) is 12.6. The lowest BCUT2D eigenvalue weighted by Gasteiger charge is -2.49. The molecule has 2 bridgehead atoms. The zero-order valence-electron chi connectivity index (χ0n) is 12.6. The van der Waals surface area contributed by atoms with Crippen molar-refractivity contribution in [1.29, 1.82) is 0 Å². The highest BCUT2D eigenvalue weighted by Gasteiger charge is 2.47. The molecule has 2 heterocycles. The Bertz CT molecular complexity index is 603. The predicted molar refractivity (Wildman–Crippen MR) is 85.3 cm³/mol. The molecule has 0 saturated carbocycles. The van der Waals surface area contributed by atoms with Crippen LogP contribution in [0.1, 0.15) is 30.4 Å². The Balaban J connectivity index is 1.88. The average molecular weight is 281 g/mol. The van der Waals surface area contributed by atoms with E-state index in [1.807, 2.05) is 0 Å². The van der Waals surface area contributed by atoms with Gasteiger partial charge in [0.05, 0.1) is 6.61 Å². The van der Waals surface area contributed by atoms with Crippen molar-refractivity contribution in [3.63, 3.8) is 0 Å². The Morgan fingerprint density at radius 3 is 3.00 bits per heavy atom. The molecule has 0 amide bonds. The molecule has 4 atom stereocenters. The first kappa shape index (κ1) is 13.3. The zero-order chi connectivity index (χ0) is 14.4. The van der Waals surface area contributed by atoms with Crippen LogP contribution in [0.4, 0.5) is 0 Å². The molecule has 110 valence electrons. The monoisotopic (exact) mass is 281 g/mol. The summed E-state index contributed by atoms with van der Waals surface area (Å²) in [4.78, 5) is 2.56. The summed E-state index contributed by atoms with van der Waals surface area (Å²) < 4.78 is 0. The van der Waals surface area contributed by atoms with Gasteiger partial charge < -0.3 is 5.11 Å². The molecular weight excluding hydrogens is 258 g/mol. The molecule has 4 aliphatic rings. The van der Waals surface area contributed by atoms with E-state index in [2.05, 4.69) is 54.3 Å². The molecule has 1 aromatic rings. The van der Waals surface area contributed by atoms with Crippen LogP contribution in [0.2, 0.25) is 0 Å². The van der Waals surface area contributed by atoms with E-state index in [0.29, 0.717) is 23.9 Å². The summed E-state index contributed by atoms with van der Waals surface area (Å²) in [6, 6.07) is 9.96. The van der Waals surface area contributed by atoms with Crippen LogP contribution in [0.5, 0.6) is 0 Å². The summed E-state index contributed by atoms with van der Waals surface area (Å²) in [5, 5.41) is 9.50. The maximum absolute atomic E-state index is 9.50. The average Bonchev–Trinajstić information content (AvgIpc) is 2.73. The van der Waals surface area contributed by atoms with Gasteiger partial charge in [0.25, 0.3) is 0 Å². The number of aliphatic hydroxyl groups excluding tert-OH is 1. The van der Waals surface area contributed by atoms with E-state index >= 15 is 0 Å². The van der Waals surface area contributed by atoms with Gasteiger partial charge in [-0.15, -0.1) is 0 Å². The van der Waals surface area contributed by atoms with Gasteiger partial charge in [-0.25, -0.2) is 0 Å². The number of rotatable bonds is 2. The fraction of sp³-hybridized carbons (Fsp3) is 0.474. The molecule has 1 saturated heterocycles. The maximum Gasteiger partial charge on any atom is 0.0558 e. The molecular formula is C19H23NO. The van der Waals surface area contributed by atoms with Gasteiger partial charge in [-0.05, 0) is 30.9 Å². The van der Waals surface area contributed by atoms with Crippen LogP contribution < -0.4 is 0 Å². The first-order valence-corrected chi connectivity index (χ1v) is 8.12. The molecule has 1 fully saturated rings. The Kier molecular flexibility index (Phi) is 3.24. The van der Waals surface area contributed by atoms with Crippen molar-refractivity contribution in [3.05, 3.63) is 59.2 Å². The van der Waals surface area contributed by atoms with Crippen LogP contribution >= 0.6 is 0 Å². The Morgan fingerprint density at radius 1 is 1.29 bits per heavy atom. The van der Waals surface area contributed by atoms with Crippen LogP contribution in [0.25, 0.3) is 0 Å². The van der Waals surface area contributed by atoms with E-state index in [9.17, 15) is 5.11 Å². The van der Waals surface area contributed by atoms with Gasteiger partial charge >= 0.3 is 0 Å². The SMILES string of the molecule is C[C@H]1[C@H]2C3=CC=CC[C@@H]3[C@@H](Cc3ccccc32)N1CCO. The molecule has 1 N–H and O–H groups in total. The number of benzene rings is 1. The van der Waals surface area contributed by atoms with Crippen molar-refractivity contribution >= 4 is 0 Å². The van der Waals surface area contributed by atoms with Gasteiger partial charge in [0.1, 0.15) is 0 Å². The number of allylic oxidation sites excluding steroid dienone is 3. The number of nitrogens with zero attached hydrogens (tertiary/aromatic N) is 1. The number of hydrogen-bond donors (Lipinski definition) is 1. The largest absolute Gasteiger partial charge is 0.395 e. The van der Waals surface area contributed by atoms with Gasteiger partial charge in [0.15, 0.2) is 0 Å². The lowest BCUT2D eigenvalue weighted by molar-refractivity contribution is 0.0549. The minimum atomic E-state index is 0.255. The second-order valence-corrected chi connectivity index (χ2v) is 6.59. The Hall–Kier alpha value is -1.38. The lowest BCUT2D eigenvalue weighted by atomic mass is 9.71. The van der Waals surface area contributed by atoms with Gasteiger partial charge in [-0.2, -0.15) is 0 Å². The third-order valence-electron chi connectivity index (χ3n) is 5.68. The normalized spacial score (nSPS) is 34.1. The van der Waals surface area contributed by atoms with E-state index in [0.717, 1.165) is 19.4 Å². The number of aliphatic hydroxyl groups is 1. The fourth-order valence-corrected chi connectivity index (χ4v) is 4.81. The topological polar surface area (TPSA) is 23.5 Å². The molecule has 0 aromatic heterocycles.